The van der Waals surface area contributed by atoms with E-state index in [0.717, 1.165) is 23.3 Å². The Balaban J connectivity index is 1.56. The number of rotatable bonds is 5. The van der Waals surface area contributed by atoms with Crippen LogP contribution in [0.1, 0.15) is 35.2 Å². The fourth-order valence-electron chi connectivity index (χ4n) is 4.61. The Bertz CT molecular complexity index is 1240. The Labute approximate surface area is 192 Å². The second-order valence-electron chi connectivity index (χ2n) is 8.47. The van der Waals surface area contributed by atoms with Crippen molar-refractivity contribution < 1.29 is 19.4 Å². The van der Waals surface area contributed by atoms with E-state index in [0.29, 0.717) is 24.1 Å². The van der Waals surface area contributed by atoms with Crippen molar-refractivity contribution in [3.05, 3.63) is 101 Å². The van der Waals surface area contributed by atoms with E-state index in [2.05, 4.69) is 4.98 Å². The average molecular weight is 440 g/mol. The van der Waals surface area contributed by atoms with E-state index in [9.17, 15) is 14.7 Å². The fourth-order valence-corrected chi connectivity index (χ4v) is 4.61. The first-order chi connectivity index (χ1) is 16.0. The highest BCUT2D eigenvalue weighted by Gasteiger charge is 2.46. The van der Waals surface area contributed by atoms with Gasteiger partial charge in [0.05, 0.1) is 11.6 Å². The molecule has 0 saturated carbocycles. The molecule has 3 heterocycles. The Morgan fingerprint density at radius 2 is 1.94 bits per heavy atom. The standard InChI is InChI=1S/C27H24N2O4/c1-17-14-21-15-19(9-10-22(21)33-17)25(30)23-24(20-8-5-12-28-16-20)29(27(32)26(23)31)13-11-18-6-3-2-4-7-18/h2-10,12,15-17,24,30H,11,13-14H2,1H3/b25-23-. The van der Waals surface area contributed by atoms with Crippen LogP contribution in [0.3, 0.4) is 0 Å². The number of aliphatic hydroxyl groups is 1. The van der Waals surface area contributed by atoms with Crippen LogP contribution in [-0.2, 0) is 22.4 Å². The average Bonchev–Trinajstić information content (AvgIpc) is 3.34. The van der Waals surface area contributed by atoms with Crippen LogP contribution in [0.4, 0.5) is 0 Å². The zero-order chi connectivity index (χ0) is 22.9. The second-order valence-corrected chi connectivity index (χ2v) is 8.47. The Hall–Kier alpha value is -3.93. The van der Waals surface area contributed by atoms with Crippen molar-refractivity contribution in [3.8, 4) is 5.75 Å². The molecular formula is C27H24N2O4. The topological polar surface area (TPSA) is 79.7 Å². The third-order valence-electron chi connectivity index (χ3n) is 6.19. The molecule has 1 N–H and O–H groups in total. The van der Waals surface area contributed by atoms with E-state index >= 15 is 0 Å². The summed E-state index contributed by atoms with van der Waals surface area (Å²) in [5, 5.41) is 11.3. The van der Waals surface area contributed by atoms with Crippen LogP contribution in [0.25, 0.3) is 5.76 Å². The maximum absolute atomic E-state index is 13.2. The number of hydrogen-bond acceptors (Lipinski definition) is 5. The lowest BCUT2D eigenvalue weighted by Crippen LogP contribution is -2.31. The lowest BCUT2D eigenvalue weighted by atomic mass is 9.95. The summed E-state index contributed by atoms with van der Waals surface area (Å²) in [4.78, 5) is 32.0. The van der Waals surface area contributed by atoms with Crippen LogP contribution in [-0.4, -0.2) is 39.3 Å². The molecule has 0 aliphatic carbocycles. The summed E-state index contributed by atoms with van der Waals surface area (Å²) in [5.41, 5.74) is 3.32. The molecule has 0 radical (unpaired) electrons. The molecule has 6 heteroatoms. The smallest absolute Gasteiger partial charge is 0.295 e. The van der Waals surface area contributed by atoms with Gasteiger partial charge >= 0.3 is 0 Å². The Kier molecular flexibility index (Phi) is 5.42. The van der Waals surface area contributed by atoms with Gasteiger partial charge in [0.25, 0.3) is 11.7 Å². The number of fused-ring (bicyclic) bond motifs is 1. The molecule has 0 bridgehead atoms. The van der Waals surface area contributed by atoms with Gasteiger partial charge in [0.15, 0.2) is 0 Å². The molecule has 3 aromatic rings. The molecule has 1 amide bonds. The molecular weight excluding hydrogens is 416 g/mol. The van der Waals surface area contributed by atoms with Gasteiger partial charge in [-0.15, -0.1) is 0 Å². The number of ether oxygens (including phenoxy) is 1. The van der Waals surface area contributed by atoms with Crippen LogP contribution in [0, 0.1) is 0 Å². The van der Waals surface area contributed by atoms with Gasteiger partial charge in [0.2, 0.25) is 0 Å². The minimum atomic E-state index is -0.703. The largest absolute Gasteiger partial charge is 0.507 e. The number of ketones is 1. The van der Waals surface area contributed by atoms with Crippen LogP contribution < -0.4 is 4.74 Å². The fraction of sp³-hybridized carbons (Fsp3) is 0.222. The van der Waals surface area contributed by atoms with Gasteiger partial charge in [-0.25, -0.2) is 0 Å². The zero-order valence-corrected chi connectivity index (χ0v) is 18.3. The van der Waals surface area contributed by atoms with Crippen molar-refractivity contribution in [2.75, 3.05) is 6.54 Å². The maximum Gasteiger partial charge on any atom is 0.295 e. The minimum absolute atomic E-state index is 0.0661. The second kappa shape index (κ2) is 8.54. The molecule has 2 aliphatic heterocycles. The molecule has 2 aromatic carbocycles. The maximum atomic E-state index is 13.2. The van der Waals surface area contributed by atoms with Gasteiger partial charge in [-0.05, 0) is 54.3 Å². The van der Waals surface area contributed by atoms with Gasteiger partial charge in [0, 0.05) is 30.9 Å². The molecule has 6 nitrogen and oxygen atoms in total. The monoisotopic (exact) mass is 440 g/mol. The highest BCUT2D eigenvalue weighted by Crippen LogP contribution is 2.40. The molecule has 0 spiro atoms. The summed E-state index contributed by atoms with van der Waals surface area (Å²) in [6, 6.07) is 18.1. The number of benzene rings is 2. The van der Waals surface area contributed by atoms with Crippen molar-refractivity contribution in [1.29, 1.82) is 0 Å². The van der Waals surface area contributed by atoms with E-state index in [1.165, 1.54) is 4.90 Å². The quantitative estimate of drug-likeness (QED) is 0.368. The van der Waals surface area contributed by atoms with E-state index in [1.807, 2.05) is 49.4 Å². The molecule has 166 valence electrons. The molecule has 1 fully saturated rings. The highest BCUT2D eigenvalue weighted by atomic mass is 16.5. The summed E-state index contributed by atoms with van der Waals surface area (Å²) < 4.78 is 5.75. The minimum Gasteiger partial charge on any atom is -0.507 e. The lowest BCUT2D eigenvalue weighted by molar-refractivity contribution is -0.139. The number of pyridine rings is 1. The molecule has 2 unspecified atom stereocenters. The van der Waals surface area contributed by atoms with Crippen molar-refractivity contribution >= 4 is 17.4 Å². The summed E-state index contributed by atoms with van der Waals surface area (Å²) >= 11 is 0. The third-order valence-corrected chi connectivity index (χ3v) is 6.19. The number of aromatic nitrogens is 1. The molecule has 2 atom stereocenters. The predicted octanol–water partition coefficient (Wildman–Crippen LogP) is 4.07. The molecule has 1 aromatic heterocycles. The summed E-state index contributed by atoms with van der Waals surface area (Å²) in [5.74, 6) is -0.683. The summed E-state index contributed by atoms with van der Waals surface area (Å²) in [6.45, 7) is 2.33. The van der Waals surface area contributed by atoms with Crippen molar-refractivity contribution in [2.24, 2.45) is 0 Å². The predicted molar refractivity (Wildman–Crippen MR) is 124 cm³/mol. The Morgan fingerprint density at radius 1 is 1.12 bits per heavy atom. The number of Topliss-reactive ketones (excluding diaryl/α,β-unsaturated/α-hetero) is 1. The van der Waals surface area contributed by atoms with Crippen LogP contribution in [0.15, 0.2) is 78.6 Å². The number of hydrogen-bond donors (Lipinski definition) is 1. The number of carbonyl (C=O) groups excluding carboxylic acids is 2. The zero-order valence-electron chi connectivity index (χ0n) is 18.3. The molecule has 1 saturated heterocycles. The van der Waals surface area contributed by atoms with Crippen LogP contribution in [0.2, 0.25) is 0 Å². The number of aliphatic hydroxyl groups excluding tert-OH is 1. The van der Waals surface area contributed by atoms with Gasteiger partial charge < -0.3 is 14.7 Å². The number of likely N-dealkylation sites (tertiary alicyclic amines) is 1. The first kappa shape index (κ1) is 20.9. The molecule has 2 aliphatic rings. The van der Waals surface area contributed by atoms with Gasteiger partial charge in [-0.3, -0.25) is 14.6 Å². The van der Waals surface area contributed by atoms with Gasteiger partial charge in [-0.1, -0.05) is 36.4 Å². The first-order valence-electron chi connectivity index (χ1n) is 11.0. The normalized spacial score (nSPS) is 21.2. The van der Waals surface area contributed by atoms with Crippen molar-refractivity contribution in [2.45, 2.75) is 31.9 Å². The van der Waals surface area contributed by atoms with E-state index in [-0.39, 0.29) is 17.4 Å². The van der Waals surface area contributed by atoms with Gasteiger partial charge in [-0.2, -0.15) is 0 Å². The van der Waals surface area contributed by atoms with E-state index in [4.69, 9.17) is 4.74 Å². The molecule has 33 heavy (non-hydrogen) atoms. The molecule has 5 rings (SSSR count). The third kappa shape index (κ3) is 3.89. The van der Waals surface area contributed by atoms with Gasteiger partial charge in [0.1, 0.15) is 17.6 Å². The van der Waals surface area contributed by atoms with E-state index in [1.54, 1.807) is 30.6 Å². The number of nitrogens with zero attached hydrogens (tertiary/aromatic N) is 2. The lowest BCUT2D eigenvalue weighted by Gasteiger charge is -2.25. The van der Waals surface area contributed by atoms with Crippen molar-refractivity contribution in [1.82, 2.24) is 9.88 Å². The highest BCUT2D eigenvalue weighted by molar-refractivity contribution is 6.46. The summed E-state index contributed by atoms with van der Waals surface area (Å²) in [6.07, 6.45) is 4.67. The Morgan fingerprint density at radius 3 is 2.70 bits per heavy atom. The number of amides is 1. The first-order valence-corrected chi connectivity index (χ1v) is 11.0. The van der Waals surface area contributed by atoms with Crippen molar-refractivity contribution in [3.63, 3.8) is 0 Å². The summed E-state index contributed by atoms with van der Waals surface area (Å²) in [7, 11) is 0. The number of carbonyl (C=O) groups is 2. The van der Waals surface area contributed by atoms with Crippen LogP contribution >= 0.6 is 0 Å². The van der Waals surface area contributed by atoms with Crippen LogP contribution in [0.5, 0.6) is 5.75 Å². The van der Waals surface area contributed by atoms with E-state index < -0.39 is 17.7 Å². The SMILES string of the molecule is CC1Cc2cc(/C(O)=C3/C(=O)C(=O)N(CCc4ccccc4)C3c3cccnc3)ccc2O1.